The van der Waals surface area contributed by atoms with Crippen molar-refractivity contribution in [3.05, 3.63) is 90.5 Å². The number of hydrogen-bond donors (Lipinski definition) is 2. The molecule has 14 heteroatoms. The van der Waals surface area contributed by atoms with Gasteiger partial charge in [-0.3, -0.25) is 14.6 Å². The van der Waals surface area contributed by atoms with Gasteiger partial charge in [-0.05, 0) is 36.4 Å². The molecule has 0 bridgehead atoms. The first kappa shape index (κ1) is 31.8. The maximum absolute atomic E-state index is 11.9. The number of benzene rings is 1. The van der Waals surface area contributed by atoms with Crippen molar-refractivity contribution in [2.24, 2.45) is 5.73 Å². The number of nitrogens with one attached hydrogen (secondary N) is 1. The molecule has 3 N–H and O–H groups in total. The van der Waals surface area contributed by atoms with Crippen LogP contribution in [0.2, 0.25) is 0 Å². The molecule has 0 atom stereocenters. The van der Waals surface area contributed by atoms with Crippen molar-refractivity contribution < 1.29 is 27.5 Å². The maximum Gasteiger partial charge on any atom is 0.0496 e. The van der Waals surface area contributed by atoms with Gasteiger partial charge in [0.05, 0.1) is 5.69 Å². The van der Waals surface area contributed by atoms with Crippen molar-refractivity contribution >= 4 is 32.2 Å². The standard InChI is InChI=1S/C9H8F3NO2.C5H5N.C4H4N2.C2H2N2Se.C2H5NO/c1-6(14)13-7-4-2-3-5-8(7)15-9(10,11)12;2*1-2-4-6-5-3-1;1-2-5-4-3-1;1-2(3)4/h2-5H,1H3,(H,13,14);1-5H;1-4H;1-2H;1H3,(H2,3,4). The summed E-state index contributed by atoms with van der Waals surface area (Å²) in [5, 5.41) is 12.9. The summed E-state index contributed by atoms with van der Waals surface area (Å²) in [7, 11) is 0. The van der Waals surface area contributed by atoms with Gasteiger partial charge in [0.1, 0.15) is 0 Å². The van der Waals surface area contributed by atoms with Crippen molar-refractivity contribution in [2.75, 3.05) is 5.32 Å². The van der Waals surface area contributed by atoms with Crippen LogP contribution in [0.5, 0.6) is 5.75 Å². The third-order valence-corrected chi connectivity index (χ3v) is 3.66. The number of alkyl halides is 3. The minimum absolute atomic E-state index is 0.0117. The first-order chi connectivity index (χ1) is 17.1. The number of ether oxygens (including phenoxy) is 1. The Kier molecular flexibility index (Phi) is 17.9. The van der Waals surface area contributed by atoms with Crippen molar-refractivity contribution in [2.45, 2.75) is 20.2 Å². The van der Waals surface area contributed by atoms with E-state index < -0.39 is 18.0 Å². The quantitative estimate of drug-likeness (QED) is 0.350. The smallest absolute Gasteiger partial charge is 0.0496 e. The Morgan fingerprint density at radius 1 is 0.861 bits per heavy atom. The third-order valence-electron chi connectivity index (χ3n) is 2.76. The summed E-state index contributed by atoms with van der Waals surface area (Å²) in [5.74, 6) is -1.23. The molecule has 0 aliphatic carbocycles. The molecule has 0 unspecified atom stereocenters. The molecule has 192 valence electrons. The predicted molar refractivity (Wildman–Crippen MR) is 128 cm³/mol. The zero-order valence-electron chi connectivity index (χ0n) is 19.2. The molecule has 0 saturated heterocycles. The molecule has 4 aromatic rings. The average Bonchev–Trinajstić information content (AvgIpc) is 3.42. The molecule has 0 aliphatic heterocycles. The van der Waals surface area contributed by atoms with Crippen LogP contribution in [0.4, 0.5) is 18.9 Å². The van der Waals surface area contributed by atoms with E-state index in [-0.39, 0.29) is 11.6 Å². The first-order valence-electron chi connectivity index (χ1n) is 9.78. The van der Waals surface area contributed by atoms with Gasteiger partial charge < -0.3 is 15.8 Å². The Morgan fingerprint density at radius 2 is 1.42 bits per heavy atom. The molecular formula is C22H24F3N7O3Se. The molecule has 10 nitrogen and oxygen atoms in total. The van der Waals surface area contributed by atoms with Gasteiger partial charge in [-0.2, -0.15) is 10.2 Å². The minimum Gasteiger partial charge on any atom is -0.265 e. The van der Waals surface area contributed by atoms with Crippen molar-refractivity contribution in [3.8, 4) is 5.75 Å². The second kappa shape index (κ2) is 20.2. The van der Waals surface area contributed by atoms with E-state index in [0.717, 1.165) is 6.07 Å². The fourth-order valence-corrected chi connectivity index (χ4v) is 2.25. The minimum atomic E-state index is -4.77. The zero-order valence-corrected chi connectivity index (χ0v) is 21.0. The molecule has 3 heterocycles. The van der Waals surface area contributed by atoms with Crippen molar-refractivity contribution in [1.29, 1.82) is 0 Å². The van der Waals surface area contributed by atoms with Gasteiger partial charge in [0.2, 0.25) is 11.8 Å². The van der Waals surface area contributed by atoms with E-state index in [4.69, 9.17) is 0 Å². The number of aromatic nitrogens is 5. The number of nitrogens with two attached hydrogens (primary N) is 1. The second-order valence-electron chi connectivity index (χ2n) is 5.86. The van der Waals surface area contributed by atoms with Gasteiger partial charge in [-0.25, -0.2) is 0 Å². The van der Waals surface area contributed by atoms with Gasteiger partial charge in [-0.1, -0.05) is 18.2 Å². The summed E-state index contributed by atoms with van der Waals surface area (Å²) in [4.78, 5) is 25.7. The zero-order chi connectivity index (χ0) is 27.1. The molecule has 1 aromatic carbocycles. The van der Waals surface area contributed by atoms with Crippen molar-refractivity contribution in [1.82, 2.24) is 24.4 Å². The molecular weight excluding hydrogens is 546 g/mol. The van der Waals surface area contributed by atoms with Gasteiger partial charge in [0.15, 0.2) is 5.75 Å². The Bertz CT molecular complexity index is 953. The van der Waals surface area contributed by atoms with E-state index in [1.54, 1.807) is 31.0 Å². The van der Waals surface area contributed by atoms with Gasteiger partial charge in [0.25, 0.3) is 0 Å². The number of carbonyl (C=O) groups is 2. The fraction of sp³-hybridized carbons (Fsp3) is 0.136. The summed E-state index contributed by atoms with van der Waals surface area (Å²) >= 11 is 0.347. The summed E-state index contributed by atoms with van der Waals surface area (Å²) in [6, 6.07) is 14.7. The number of anilines is 1. The third kappa shape index (κ3) is 23.0. The number of primary amides is 1. The van der Waals surface area contributed by atoms with Crippen molar-refractivity contribution in [3.63, 3.8) is 0 Å². The monoisotopic (exact) mass is 571 g/mol. The second-order valence-corrected chi connectivity index (χ2v) is 7.22. The molecule has 3 aromatic heterocycles. The summed E-state index contributed by atoms with van der Waals surface area (Å²) in [5.41, 5.74) is 4.46. The van der Waals surface area contributed by atoms with Crippen LogP contribution in [0.1, 0.15) is 13.8 Å². The molecule has 0 aliphatic rings. The number of pyridine rings is 1. The normalized spacial score (nSPS) is 9.03. The van der Waals surface area contributed by atoms with Crippen LogP contribution in [0.3, 0.4) is 0 Å². The largest absolute Gasteiger partial charge is 0.265 e. The molecule has 36 heavy (non-hydrogen) atoms. The Hall–Kier alpha value is -4.16. The molecule has 4 rings (SSSR count). The first-order valence-corrected chi connectivity index (χ1v) is 11.5. The number of amides is 2. The van der Waals surface area contributed by atoms with Crippen LogP contribution < -0.4 is 15.8 Å². The van der Waals surface area contributed by atoms with E-state index in [9.17, 15) is 22.8 Å². The fourth-order valence-electron chi connectivity index (χ4n) is 1.68. The number of nitrogens with zero attached hydrogens (tertiary/aromatic N) is 5. The van der Waals surface area contributed by atoms with Gasteiger partial charge in [0, 0.05) is 38.6 Å². The van der Waals surface area contributed by atoms with Crippen LogP contribution in [-0.2, 0) is 9.59 Å². The van der Waals surface area contributed by atoms with E-state index in [2.05, 4.69) is 40.2 Å². The SMILES string of the molecule is CC(=O)Nc1ccccc1OC(F)(F)F.CC(N)=O.c1c[se]nn1.c1ccncc1.c1ccnnc1. The summed E-state index contributed by atoms with van der Waals surface area (Å²) < 4.78 is 43.2. The predicted octanol–water partition coefficient (Wildman–Crippen LogP) is 3.13. The number of hydrogen-bond acceptors (Lipinski definition) is 8. The van der Waals surface area contributed by atoms with Crippen LogP contribution in [0.15, 0.2) is 90.5 Å². The number of rotatable bonds is 2. The van der Waals surface area contributed by atoms with Crippen LogP contribution in [-0.4, -0.2) is 57.3 Å². The van der Waals surface area contributed by atoms with E-state index in [1.165, 1.54) is 32.0 Å². The number of halogens is 3. The van der Waals surface area contributed by atoms with E-state index in [0.29, 0.717) is 14.7 Å². The Labute approximate surface area is 211 Å². The Balaban J connectivity index is 0.000000479. The number of para-hydroxylation sites is 2. The summed E-state index contributed by atoms with van der Waals surface area (Å²) in [6.07, 6.45) is 3.73. The van der Waals surface area contributed by atoms with E-state index in [1.807, 2.05) is 35.3 Å². The number of carbonyl (C=O) groups excluding carboxylic acids is 2. The van der Waals surface area contributed by atoms with E-state index >= 15 is 0 Å². The molecule has 0 fully saturated rings. The summed E-state index contributed by atoms with van der Waals surface area (Å²) in [6.45, 7) is 2.50. The molecule has 2 amide bonds. The van der Waals surface area contributed by atoms with Gasteiger partial charge in [-0.15, -0.1) is 13.2 Å². The topological polar surface area (TPSA) is 146 Å². The van der Waals surface area contributed by atoms with Crippen LogP contribution in [0.25, 0.3) is 0 Å². The van der Waals surface area contributed by atoms with Crippen LogP contribution >= 0.6 is 0 Å². The van der Waals surface area contributed by atoms with Crippen LogP contribution in [0, 0.1) is 0 Å². The molecule has 0 saturated carbocycles. The maximum atomic E-state index is 11.9. The molecule has 0 spiro atoms. The van der Waals surface area contributed by atoms with Gasteiger partial charge >= 0.3 is 41.4 Å². The average molecular weight is 570 g/mol. The molecule has 0 radical (unpaired) electrons. The Morgan fingerprint density at radius 3 is 1.72 bits per heavy atom.